The zero-order valence-corrected chi connectivity index (χ0v) is 18.7. The molecular formula is C22H31N7O3. The summed E-state index contributed by atoms with van der Waals surface area (Å²) in [5.74, 6) is 1.68. The van der Waals surface area contributed by atoms with E-state index in [1.165, 1.54) is 0 Å². The molecule has 4 rings (SSSR count). The van der Waals surface area contributed by atoms with Crippen molar-refractivity contribution in [3.8, 4) is 5.75 Å². The summed E-state index contributed by atoms with van der Waals surface area (Å²) in [7, 11) is 1.79. The normalized spacial score (nSPS) is 17.4. The quantitative estimate of drug-likeness (QED) is 0.662. The van der Waals surface area contributed by atoms with Crippen molar-refractivity contribution in [1.29, 1.82) is 0 Å². The summed E-state index contributed by atoms with van der Waals surface area (Å²) < 4.78 is 5.80. The maximum absolute atomic E-state index is 11.3. The largest absolute Gasteiger partial charge is 0.492 e. The Labute approximate surface area is 188 Å². The zero-order chi connectivity index (χ0) is 22.5. The van der Waals surface area contributed by atoms with Crippen molar-refractivity contribution in [2.45, 2.75) is 19.8 Å². The fourth-order valence-electron chi connectivity index (χ4n) is 4.22. The van der Waals surface area contributed by atoms with Gasteiger partial charge in [0, 0.05) is 46.3 Å². The van der Waals surface area contributed by atoms with Crippen molar-refractivity contribution in [3.63, 3.8) is 0 Å². The molecule has 3 heterocycles. The van der Waals surface area contributed by atoms with E-state index in [0.717, 1.165) is 37.6 Å². The molecule has 0 amide bonds. The first-order valence-corrected chi connectivity index (χ1v) is 11.2. The summed E-state index contributed by atoms with van der Waals surface area (Å²) >= 11 is 0. The van der Waals surface area contributed by atoms with Crippen molar-refractivity contribution >= 4 is 29.5 Å². The predicted molar refractivity (Wildman–Crippen MR) is 124 cm³/mol. The number of benzene rings is 1. The number of nitrogens with zero attached hydrogens (tertiary/aromatic N) is 6. The minimum atomic E-state index is -0.722. The summed E-state index contributed by atoms with van der Waals surface area (Å²) in [6.45, 7) is 7.14. The Morgan fingerprint density at radius 2 is 1.59 bits per heavy atom. The van der Waals surface area contributed by atoms with Crippen LogP contribution in [0.15, 0.2) is 24.3 Å². The van der Waals surface area contributed by atoms with Crippen LogP contribution in [-0.2, 0) is 4.79 Å². The molecule has 0 aliphatic carbocycles. The Kier molecular flexibility index (Phi) is 6.77. The molecule has 172 valence electrons. The van der Waals surface area contributed by atoms with Crippen LogP contribution in [0.25, 0.3) is 0 Å². The lowest BCUT2D eigenvalue weighted by atomic mass is 9.97. The highest BCUT2D eigenvalue weighted by Gasteiger charge is 2.27. The van der Waals surface area contributed by atoms with Gasteiger partial charge < -0.3 is 29.9 Å². The van der Waals surface area contributed by atoms with Crippen molar-refractivity contribution in [1.82, 2.24) is 15.0 Å². The van der Waals surface area contributed by atoms with E-state index in [0.29, 0.717) is 50.4 Å². The number of piperazine rings is 1. The van der Waals surface area contributed by atoms with E-state index >= 15 is 0 Å². The lowest BCUT2D eigenvalue weighted by Crippen LogP contribution is -2.47. The number of nitrogens with one attached hydrogen (secondary N) is 1. The van der Waals surface area contributed by atoms with Crippen molar-refractivity contribution in [2.24, 2.45) is 5.92 Å². The van der Waals surface area contributed by atoms with Gasteiger partial charge in [0.25, 0.3) is 0 Å². The second kappa shape index (κ2) is 9.88. The second-order valence-electron chi connectivity index (χ2n) is 7.98. The third kappa shape index (κ3) is 4.79. The number of carboxylic acid groups (broad SMARTS) is 1. The molecule has 0 atom stereocenters. The lowest BCUT2D eigenvalue weighted by Gasteiger charge is -2.37. The molecule has 32 heavy (non-hydrogen) atoms. The van der Waals surface area contributed by atoms with E-state index < -0.39 is 5.97 Å². The SMILES string of the molecule is CCOc1ccccc1N1CCN(c2nc(NC)nc(N3CCC(C(=O)O)CC3)n2)CC1. The average molecular weight is 442 g/mol. The Morgan fingerprint density at radius 3 is 2.19 bits per heavy atom. The molecule has 2 aromatic rings. The highest BCUT2D eigenvalue weighted by Crippen LogP contribution is 2.30. The summed E-state index contributed by atoms with van der Waals surface area (Å²) in [5, 5.41) is 12.3. The van der Waals surface area contributed by atoms with Crippen LogP contribution in [-0.4, -0.2) is 79.0 Å². The molecule has 2 aliphatic heterocycles. The highest BCUT2D eigenvalue weighted by molar-refractivity contribution is 5.70. The van der Waals surface area contributed by atoms with Crippen molar-refractivity contribution < 1.29 is 14.6 Å². The first kappa shape index (κ1) is 21.9. The summed E-state index contributed by atoms with van der Waals surface area (Å²) in [5.41, 5.74) is 1.11. The third-order valence-corrected chi connectivity index (χ3v) is 6.03. The van der Waals surface area contributed by atoms with Gasteiger partial charge in [-0.3, -0.25) is 4.79 Å². The summed E-state index contributed by atoms with van der Waals surface area (Å²) in [6, 6.07) is 8.14. The number of piperidine rings is 1. The van der Waals surface area contributed by atoms with Gasteiger partial charge >= 0.3 is 5.97 Å². The fraction of sp³-hybridized carbons (Fsp3) is 0.545. The number of carbonyl (C=O) groups is 1. The summed E-state index contributed by atoms with van der Waals surface area (Å²) in [4.78, 5) is 31.7. The molecule has 0 saturated carbocycles. The minimum Gasteiger partial charge on any atom is -0.492 e. The van der Waals surface area contributed by atoms with E-state index in [2.05, 4.69) is 36.1 Å². The fourth-order valence-corrected chi connectivity index (χ4v) is 4.22. The Bertz CT molecular complexity index is 925. The van der Waals surface area contributed by atoms with E-state index in [4.69, 9.17) is 9.72 Å². The third-order valence-electron chi connectivity index (χ3n) is 6.03. The van der Waals surface area contributed by atoms with Crippen LogP contribution in [0.4, 0.5) is 23.5 Å². The standard InChI is InChI=1S/C22H31N7O3/c1-3-32-18-7-5-4-6-17(18)27-12-14-29(15-13-27)22-25-20(23-2)24-21(26-22)28-10-8-16(9-11-28)19(30)31/h4-7,16H,3,8-15H2,1-2H3,(H,30,31)(H,23,24,25,26). The monoisotopic (exact) mass is 441 g/mol. The Balaban J connectivity index is 1.46. The van der Waals surface area contributed by atoms with Crippen LogP contribution in [0, 0.1) is 5.92 Å². The molecule has 2 saturated heterocycles. The van der Waals surface area contributed by atoms with Gasteiger partial charge in [-0.15, -0.1) is 0 Å². The van der Waals surface area contributed by atoms with Crippen LogP contribution < -0.4 is 24.8 Å². The number of aliphatic carboxylic acids is 1. The van der Waals surface area contributed by atoms with Gasteiger partial charge in [-0.2, -0.15) is 15.0 Å². The number of carboxylic acids is 1. The van der Waals surface area contributed by atoms with Crippen LogP contribution in [0.2, 0.25) is 0 Å². The van der Waals surface area contributed by atoms with Gasteiger partial charge in [0.05, 0.1) is 18.2 Å². The lowest BCUT2D eigenvalue weighted by molar-refractivity contribution is -0.142. The average Bonchev–Trinajstić information content (AvgIpc) is 2.84. The molecule has 10 nitrogen and oxygen atoms in total. The maximum atomic E-state index is 11.3. The zero-order valence-electron chi connectivity index (χ0n) is 18.7. The van der Waals surface area contributed by atoms with E-state index in [1.54, 1.807) is 7.05 Å². The minimum absolute atomic E-state index is 0.288. The smallest absolute Gasteiger partial charge is 0.306 e. The number of anilines is 4. The van der Waals surface area contributed by atoms with Gasteiger partial charge in [0.2, 0.25) is 17.8 Å². The molecule has 0 unspecified atom stereocenters. The molecule has 0 bridgehead atoms. The molecule has 1 aromatic heterocycles. The van der Waals surface area contributed by atoms with E-state index in [1.807, 2.05) is 25.1 Å². The number of rotatable bonds is 7. The van der Waals surface area contributed by atoms with Gasteiger partial charge in [-0.25, -0.2) is 0 Å². The highest BCUT2D eigenvalue weighted by atomic mass is 16.5. The van der Waals surface area contributed by atoms with Crippen LogP contribution in [0.5, 0.6) is 5.75 Å². The van der Waals surface area contributed by atoms with Gasteiger partial charge in [0.15, 0.2) is 0 Å². The first-order valence-electron chi connectivity index (χ1n) is 11.2. The second-order valence-corrected chi connectivity index (χ2v) is 7.98. The van der Waals surface area contributed by atoms with E-state index in [-0.39, 0.29) is 5.92 Å². The Hall–Kier alpha value is -3.30. The predicted octanol–water partition coefficient (Wildman–Crippen LogP) is 1.94. The topological polar surface area (TPSA) is 107 Å². The molecule has 2 fully saturated rings. The first-order chi connectivity index (χ1) is 15.6. The number of para-hydroxylation sites is 2. The molecule has 2 aliphatic rings. The molecule has 1 aromatic carbocycles. The maximum Gasteiger partial charge on any atom is 0.306 e. The van der Waals surface area contributed by atoms with Crippen LogP contribution in [0.1, 0.15) is 19.8 Å². The van der Waals surface area contributed by atoms with Crippen LogP contribution in [0.3, 0.4) is 0 Å². The molecule has 10 heteroatoms. The molecule has 2 N–H and O–H groups in total. The molecule has 0 spiro atoms. The number of ether oxygens (including phenoxy) is 1. The Morgan fingerprint density at radius 1 is 1.00 bits per heavy atom. The van der Waals surface area contributed by atoms with Crippen molar-refractivity contribution in [3.05, 3.63) is 24.3 Å². The van der Waals surface area contributed by atoms with E-state index in [9.17, 15) is 9.90 Å². The molecular weight excluding hydrogens is 410 g/mol. The number of hydrogen-bond acceptors (Lipinski definition) is 9. The van der Waals surface area contributed by atoms with Crippen LogP contribution >= 0.6 is 0 Å². The molecule has 0 radical (unpaired) electrons. The number of aromatic nitrogens is 3. The summed E-state index contributed by atoms with van der Waals surface area (Å²) in [6.07, 6.45) is 1.20. The van der Waals surface area contributed by atoms with Gasteiger partial charge in [0.1, 0.15) is 5.75 Å². The van der Waals surface area contributed by atoms with Gasteiger partial charge in [-0.1, -0.05) is 12.1 Å². The number of hydrogen-bond donors (Lipinski definition) is 2. The van der Waals surface area contributed by atoms with Crippen molar-refractivity contribution in [2.75, 3.05) is 72.9 Å². The van der Waals surface area contributed by atoms with Gasteiger partial charge in [-0.05, 0) is 31.9 Å².